The molecular weight excluding hydrogens is 355 g/mol. The Labute approximate surface area is 159 Å². The third-order valence-corrected chi connectivity index (χ3v) is 4.56. The summed E-state index contributed by atoms with van der Waals surface area (Å²) in [4.78, 5) is 8.96. The van der Waals surface area contributed by atoms with Gasteiger partial charge in [-0.15, -0.1) is 13.2 Å². The van der Waals surface area contributed by atoms with Gasteiger partial charge in [0.05, 0.1) is 5.70 Å². The predicted octanol–water partition coefficient (Wildman–Crippen LogP) is 4.12. The Kier molecular flexibility index (Phi) is 6.92. The van der Waals surface area contributed by atoms with Gasteiger partial charge in [0, 0.05) is 44.9 Å². The van der Waals surface area contributed by atoms with Crippen molar-refractivity contribution in [3.8, 4) is 5.75 Å². The van der Waals surface area contributed by atoms with Gasteiger partial charge in [-0.05, 0) is 32.5 Å². The van der Waals surface area contributed by atoms with Crippen molar-refractivity contribution in [2.24, 2.45) is 10.4 Å². The molecule has 2 aliphatic rings. The van der Waals surface area contributed by atoms with Crippen LogP contribution >= 0.6 is 0 Å². The largest absolute Gasteiger partial charge is 0.573 e. The number of likely N-dealkylation sites (tertiary alicyclic amines) is 2. The summed E-state index contributed by atoms with van der Waals surface area (Å²) in [6.45, 7) is 8.94. The van der Waals surface area contributed by atoms with Crippen molar-refractivity contribution in [2.45, 2.75) is 26.6 Å². The van der Waals surface area contributed by atoms with E-state index in [2.05, 4.69) is 39.6 Å². The molecule has 150 valence electrons. The van der Waals surface area contributed by atoms with Gasteiger partial charge in [0.25, 0.3) is 0 Å². The van der Waals surface area contributed by atoms with Crippen LogP contribution in [0.3, 0.4) is 0 Å². The number of allylic oxidation sites excluding steroid dienone is 2. The van der Waals surface area contributed by atoms with Gasteiger partial charge < -0.3 is 14.5 Å². The Morgan fingerprint density at radius 3 is 2.22 bits per heavy atom. The lowest BCUT2D eigenvalue weighted by Crippen LogP contribution is -2.70. The van der Waals surface area contributed by atoms with Crippen LogP contribution in [-0.2, 0) is 0 Å². The van der Waals surface area contributed by atoms with Crippen molar-refractivity contribution in [1.82, 2.24) is 9.80 Å². The van der Waals surface area contributed by atoms with Crippen LogP contribution in [0.5, 0.6) is 5.75 Å². The number of benzene rings is 1. The van der Waals surface area contributed by atoms with E-state index >= 15 is 0 Å². The number of rotatable bonds is 4. The van der Waals surface area contributed by atoms with Crippen LogP contribution in [0.25, 0.3) is 0 Å². The van der Waals surface area contributed by atoms with E-state index in [0.29, 0.717) is 5.41 Å². The first kappa shape index (κ1) is 21.3. The molecule has 0 amide bonds. The second-order valence-corrected chi connectivity index (χ2v) is 7.31. The second-order valence-electron chi connectivity index (χ2n) is 7.31. The van der Waals surface area contributed by atoms with Crippen molar-refractivity contribution in [2.75, 3.05) is 40.3 Å². The maximum absolute atomic E-state index is 11.6. The van der Waals surface area contributed by atoms with Crippen LogP contribution in [0.15, 0.2) is 41.0 Å². The molecule has 2 aliphatic heterocycles. The summed E-state index contributed by atoms with van der Waals surface area (Å²) >= 11 is 0. The minimum absolute atomic E-state index is 0.187. The van der Waals surface area contributed by atoms with Crippen LogP contribution in [0, 0.1) is 12.3 Å². The lowest BCUT2D eigenvalue weighted by Gasteiger charge is -2.60. The monoisotopic (exact) mass is 383 g/mol. The van der Waals surface area contributed by atoms with E-state index in [0.717, 1.165) is 12.0 Å². The van der Waals surface area contributed by atoms with Gasteiger partial charge in [-0.3, -0.25) is 4.99 Å². The van der Waals surface area contributed by atoms with E-state index in [-0.39, 0.29) is 5.75 Å². The van der Waals surface area contributed by atoms with E-state index in [9.17, 15) is 13.2 Å². The Bertz CT molecular complexity index is 654. The fourth-order valence-electron chi connectivity index (χ4n) is 3.59. The molecule has 0 N–H and O–H groups in total. The molecule has 3 rings (SSSR count). The van der Waals surface area contributed by atoms with E-state index < -0.39 is 6.36 Å². The molecular formula is C20H28F3N3O. The van der Waals surface area contributed by atoms with E-state index in [4.69, 9.17) is 0 Å². The van der Waals surface area contributed by atoms with Crippen LogP contribution in [-0.4, -0.2) is 62.7 Å². The molecule has 1 spiro atoms. The third kappa shape index (κ3) is 6.27. The van der Waals surface area contributed by atoms with E-state index in [1.807, 2.05) is 13.3 Å². The second kappa shape index (κ2) is 8.78. The average molecular weight is 383 g/mol. The number of alkyl halides is 3. The zero-order chi connectivity index (χ0) is 20.1. The molecule has 0 radical (unpaired) electrons. The van der Waals surface area contributed by atoms with Crippen LogP contribution in [0.1, 0.15) is 18.9 Å². The van der Waals surface area contributed by atoms with Gasteiger partial charge in [-0.25, -0.2) is 0 Å². The van der Waals surface area contributed by atoms with Crippen molar-refractivity contribution < 1.29 is 17.9 Å². The van der Waals surface area contributed by atoms with Gasteiger partial charge in [-0.2, -0.15) is 0 Å². The third-order valence-electron chi connectivity index (χ3n) is 4.56. The standard InChI is InChI=1S/C12H21N3.C8H7F3O/c1-4-5-11(6-13-2)15-9-12(10-15)7-14(3)8-12;1-6-2-4-7(5-3-6)12-8(9,10)11/h5-6H,4,7-10H2,1-3H3;2-5H,1H3/b11-5+,13-6?;. The summed E-state index contributed by atoms with van der Waals surface area (Å²) in [6, 6.07) is 5.67. The quantitative estimate of drug-likeness (QED) is 0.732. The van der Waals surface area contributed by atoms with Crippen molar-refractivity contribution in [1.29, 1.82) is 0 Å². The molecule has 0 aliphatic carbocycles. The number of halogens is 3. The van der Waals surface area contributed by atoms with Crippen molar-refractivity contribution >= 4 is 6.21 Å². The smallest absolute Gasteiger partial charge is 0.406 e. The topological polar surface area (TPSA) is 28.1 Å². The number of aliphatic imine (C=N–C) groups is 1. The fourth-order valence-corrected chi connectivity index (χ4v) is 3.59. The molecule has 2 heterocycles. The summed E-state index contributed by atoms with van der Waals surface area (Å²) in [5.41, 5.74) is 2.81. The first-order valence-electron chi connectivity index (χ1n) is 9.04. The van der Waals surface area contributed by atoms with Gasteiger partial charge >= 0.3 is 6.36 Å². The molecule has 1 aromatic rings. The molecule has 27 heavy (non-hydrogen) atoms. The highest BCUT2D eigenvalue weighted by Crippen LogP contribution is 2.40. The lowest BCUT2D eigenvalue weighted by molar-refractivity contribution is -0.274. The molecule has 2 saturated heterocycles. The summed E-state index contributed by atoms with van der Waals surface area (Å²) in [5, 5.41) is 0. The van der Waals surface area contributed by atoms with Crippen LogP contribution in [0.4, 0.5) is 13.2 Å². The minimum atomic E-state index is -4.60. The Hall–Kier alpha value is -2.02. The first-order chi connectivity index (χ1) is 12.7. The predicted molar refractivity (Wildman–Crippen MR) is 102 cm³/mol. The van der Waals surface area contributed by atoms with E-state index in [1.54, 1.807) is 19.1 Å². The van der Waals surface area contributed by atoms with Crippen molar-refractivity contribution in [3.63, 3.8) is 0 Å². The average Bonchev–Trinajstić information content (AvgIpc) is 2.51. The number of aryl methyl sites for hydroxylation is 1. The molecule has 0 atom stereocenters. The molecule has 0 bridgehead atoms. The maximum atomic E-state index is 11.6. The van der Waals surface area contributed by atoms with Gasteiger partial charge in [0.15, 0.2) is 0 Å². The Morgan fingerprint density at radius 2 is 1.78 bits per heavy atom. The molecule has 0 unspecified atom stereocenters. The van der Waals surface area contributed by atoms with Crippen LogP contribution in [0.2, 0.25) is 0 Å². The number of ether oxygens (including phenoxy) is 1. The Morgan fingerprint density at radius 1 is 1.19 bits per heavy atom. The minimum Gasteiger partial charge on any atom is -0.406 e. The maximum Gasteiger partial charge on any atom is 0.573 e. The number of hydrogen-bond donors (Lipinski definition) is 0. The number of hydrogen-bond acceptors (Lipinski definition) is 4. The van der Waals surface area contributed by atoms with Crippen molar-refractivity contribution in [3.05, 3.63) is 41.6 Å². The summed E-state index contributed by atoms with van der Waals surface area (Å²) in [7, 11) is 4.04. The SMILES string of the molecule is CC/C=C(\C=NC)N1CC2(CN(C)C2)C1.Cc1ccc(OC(F)(F)F)cc1. The van der Waals surface area contributed by atoms with Gasteiger partial charge in [0.1, 0.15) is 5.75 Å². The molecule has 4 nitrogen and oxygen atoms in total. The fraction of sp³-hybridized carbons (Fsp3) is 0.550. The van der Waals surface area contributed by atoms with E-state index in [1.165, 1.54) is 44.0 Å². The molecule has 1 aromatic carbocycles. The zero-order valence-corrected chi connectivity index (χ0v) is 16.4. The lowest BCUT2D eigenvalue weighted by atomic mass is 9.73. The Balaban J connectivity index is 0.000000199. The molecule has 7 heteroatoms. The molecule has 2 fully saturated rings. The highest BCUT2D eigenvalue weighted by atomic mass is 19.4. The normalized spacial score (nSPS) is 19.4. The zero-order valence-electron chi connectivity index (χ0n) is 16.4. The molecule has 0 aromatic heterocycles. The summed E-state index contributed by atoms with van der Waals surface area (Å²) in [6.07, 6.45) is 0.737. The highest BCUT2D eigenvalue weighted by molar-refractivity contribution is 5.77. The highest BCUT2D eigenvalue weighted by Gasteiger charge is 2.50. The number of nitrogens with zero attached hydrogens (tertiary/aromatic N) is 3. The van der Waals surface area contributed by atoms with Crippen LogP contribution < -0.4 is 4.74 Å². The van der Waals surface area contributed by atoms with Gasteiger partial charge in [0.2, 0.25) is 0 Å². The first-order valence-corrected chi connectivity index (χ1v) is 9.04. The summed E-state index contributed by atoms with van der Waals surface area (Å²) in [5.74, 6) is -0.187. The van der Waals surface area contributed by atoms with Gasteiger partial charge in [-0.1, -0.05) is 30.7 Å². The molecule has 0 saturated carbocycles. The summed E-state index contributed by atoms with van der Waals surface area (Å²) < 4.78 is 38.5.